The van der Waals surface area contributed by atoms with E-state index in [9.17, 15) is 4.79 Å². The topological polar surface area (TPSA) is 67.8 Å². The first-order chi connectivity index (χ1) is 11.0. The molecule has 0 aromatic heterocycles. The average molecular weight is 356 g/mol. The summed E-state index contributed by atoms with van der Waals surface area (Å²) in [5.41, 5.74) is 1.42. The van der Waals surface area contributed by atoms with Gasteiger partial charge in [-0.15, -0.1) is 0 Å². The van der Waals surface area contributed by atoms with Crippen LogP contribution in [0.25, 0.3) is 0 Å². The second kappa shape index (κ2) is 7.44. The molecule has 0 spiro atoms. The summed E-state index contributed by atoms with van der Waals surface area (Å²) in [6.07, 6.45) is 0. The van der Waals surface area contributed by atoms with Gasteiger partial charge in [0.15, 0.2) is 11.5 Å². The molecular formula is C16H15Cl2NO4. The molecule has 2 aromatic carbocycles. The van der Waals surface area contributed by atoms with Crippen LogP contribution in [-0.2, 0) is 6.54 Å². The molecule has 0 atom stereocenters. The number of benzene rings is 2. The predicted octanol–water partition coefficient (Wildman–Crippen LogP) is 4.32. The normalized spacial score (nSPS) is 10.3. The average Bonchev–Trinajstić information content (AvgIpc) is 2.54. The van der Waals surface area contributed by atoms with Gasteiger partial charge < -0.3 is 19.9 Å². The molecule has 0 bridgehead atoms. The van der Waals surface area contributed by atoms with Gasteiger partial charge in [-0.05, 0) is 29.8 Å². The van der Waals surface area contributed by atoms with Crippen molar-refractivity contribution >= 4 is 34.9 Å². The smallest absolute Gasteiger partial charge is 0.335 e. The third kappa shape index (κ3) is 4.00. The molecule has 0 saturated carbocycles. The van der Waals surface area contributed by atoms with Gasteiger partial charge in [0, 0.05) is 17.6 Å². The van der Waals surface area contributed by atoms with Crippen LogP contribution in [0.4, 0.5) is 5.69 Å². The highest BCUT2D eigenvalue weighted by Crippen LogP contribution is 2.34. The Morgan fingerprint density at radius 3 is 2.35 bits per heavy atom. The first kappa shape index (κ1) is 17.2. The monoisotopic (exact) mass is 355 g/mol. The number of hydrogen-bond acceptors (Lipinski definition) is 4. The second-order valence-corrected chi connectivity index (χ2v) is 5.47. The van der Waals surface area contributed by atoms with Crippen molar-refractivity contribution in [1.29, 1.82) is 0 Å². The van der Waals surface area contributed by atoms with Crippen molar-refractivity contribution in [2.24, 2.45) is 0 Å². The summed E-state index contributed by atoms with van der Waals surface area (Å²) >= 11 is 12.3. The minimum absolute atomic E-state index is 0.148. The van der Waals surface area contributed by atoms with Crippen LogP contribution in [0.3, 0.4) is 0 Å². The van der Waals surface area contributed by atoms with Crippen LogP contribution in [0.1, 0.15) is 15.9 Å². The Bertz CT molecular complexity index is 734. The molecule has 0 amide bonds. The third-order valence-corrected chi connectivity index (χ3v) is 3.92. The number of halogens is 2. The summed E-state index contributed by atoms with van der Waals surface area (Å²) in [5.74, 6) is 0.0695. The van der Waals surface area contributed by atoms with E-state index < -0.39 is 5.97 Å². The fraction of sp³-hybridized carbons (Fsp3) is 0.188. The van der Waals surface area contributed by atoms with Crippen LogP contribution in [0.5, 0.6) is 11.5 Å². The molecule has 2 aromatic rings. The molecule has 5 nitrogen and oxygen atoms in total. The minimum atomic E-state index is -1.02. The number of hydrogen-bond donors (Lipinski definition) is 2. The highest BCUT2D eigenvalue weighted by Gasteiger charge is 2.11. The van der Waals surface area contributed by atoms with E-state index in [1.54, 1.807) is 12.1 Å². The molecule has 122 valence electrons. The van der Waals surface area contributed by atoms with E-state index in [-0.39, 0.29) is 5.56 Å². The van der Waals surface area contributed by atoms with E-state index in [1.165, 1.54) is 32.4 Å². The lowest BCUT2D eigenvalue weighted by atomic mass is 10.1. The number of rotatable bonds is 6. The van der Waals surface area contributed by atoms with Gasteiger partial charge in [0.2, 0.25) is 0 Å². The summed E-state index contributed by atoms with van der Waals surface area (Å²) in [6, 6.07) is 7.86. The molecule has 0 aliphatic rings. The Balaban J connectivity index is 2.24. The number of anilines is 1. The summed E-state index contributed by atoms with van der Waals surface area (Å²) in [5, 5.41) is 13.0. The van der Waals surface area contributed by atoms with E-state index in [0.717, 1.165) is 5.56 Å². The maximum Gasteiger partial charge on any atom is 0.335 e. The summed E-state index contributed by atoms with van der Waals surface area (Å²) in [4.78, 5) is 11.0. The van der Waals surface area contributed by atoms with Crippen LogP contribution in [0, 0.1) is 0 Å². The van der Waals surface area contributed by atoms with Gasteiger partial charge in [-0.1, -0.05) is 23.2 Å². The number of methoxy groups -OCH3 is 2. The van der Waals surface area contributed by atoms with E-state index in [2.05, 4.69) is 5.32 Å². The van der Waals surface area contributed by atoms with Crippen molar-refractivity contribution in [3.8, 4) is 11.5 Å². The number of aromatic carboxylic acids is 1. The van der Waals surface area contributed by atoms with Gasteiger partial charge in [-0.2, -0.15) is 0 Å². The molecule has 0 fully saturated rings. The van der Waals surface area contributed by atoms with E-state index in [1.807, 2.05) is 0 Å². The summed E-state index contributed by atoms with van der Waals surface area (Å²) < 4.78 is 10.4. The lowest BCUT2D eigenvalue weighted by Gasteiger charge is -2.14. The Morgan fingerprint density at radius 2 is 1.74 bits per heavy atom. The van der Waals surface area contributed by atoms with E-state index >= 15 is 0 Å². The zero-order chi connectivity index (χ0) is 17.0. The predicted molar refractivity (Wildman–Crippen MR) is 90.3 cm³/mol. The zero-order valence-corrected chi connectivity index (χ0v) is 14.0. The van der Waals surface area contributed by atoms with Gasteiger partial charge in [0.1, 0.15) is 0 Å². The van der Waals surface area contributed by atoms with Gasteiger partial charge in [-0.3, -0.25) is 0 Å². The number of carbonyl (C=O) groups is 1. The number of carboxylic acids is 1. The van der Waals surface area contributed by atoms with Crippen molar-refractivity contribution < 1.29 is 19.4 Å². The Labute approximate surface area is 143 Å². The fourth-order valence-electron chi connectivity index (χ4n) is 2.02. The quantitative estimate of drug-likeness (QED) is 0.807. The van der Waals surface area contributed by atoms with Crippen molar-refractivity contribution in [1.82, 2.24) is 0 Å². The van der Waals surface area contributed by atoms with Crippen LogP contribution >= 0.6 is 23.2 Å². The van der Waals surface area contributed by atoms with Crippen molar-refractivity contribution in [2.75, 3.05) is 19.5 Å². The van der Waals surface area contributed by atoms with Crippen LogP contribution in [0.15, 0.2) is 30.3 Å². The number of nitrogens with one attached hydrogen (secondary N) is 1. The molecular weight excluding hydrogens is 341 g/mol. The molecule has 2 rings (SSSR count). The fourth-order valence-corrected chi connectivity index (χ4v) is 2.42. The molecule has 23 heavy (non-hydrogen) atoms. The van der Waals surface area contributed by atoms with Crippen molar-refractivity contribution in [3.63, 3.8) is 0 Å². The zero-order valence-electron chi connectivity index (χ0n) is 12.5. The number of carboxylic acid groups (broad SMARTS) is 1. The lowest BCUT2D eigenvalue weighted by molar-refractivity contribution is 0.0697. The largest absolute Gasteiger partial charge is 0.493 e. The first-order valence-corrected chi connectivity index (χ1v) is 7.39. The van der Waals surface area contributed by atoms with Crippen LogP contribution in [-0.4, -0.2) is 25.3 Å². The third-order valence-electron chi connectivity index (χ3n) is 3.24. The molecule has 0 aliphatic carbocycles. The standard InChI is InChI=1S/C16H15Cl2NO4/c1-22-14-6-10(12(18)7-15(14)23-2)8-19-13-5-9(16(20)21)3-4-11(13)17/h3-7,19H,8H2,1-2H3,(H,20,21). The molecule has 0 unspecified atom stereocenters. The Kier molecular flexibility index (Phi) is 5.58. The van der Waals surface area contributed by atoms with Crippen LogP contribution < -0.4 is 14.8 Å². The van der Waals surface area contributed by atoms with Gasteiger partial charge >= 0.3 is 5.97 Å². The minimum Gasteiger partial charge on any atom is -0.493 e. The molecule has 2 N–H and O–H groups in total. The Morgan fingerprint density at radius 1 is 1.09 bits per heavy atom. The maximum absolute atomic E-state index is 11.0. The van der Waals surface area contributed by atoms with Crippen molar-refractivity contribution in [3.05, 3.63) is 51.5 Å². The second-order valence-electron chi connectivity index (χ2n) is 4.65. The Hall–Kier alpha value is -2.11. The number of ether oxygens (including phenoxy) is 2. The van der Waals surface area contributed by atoms with Gasteiger partial charge in [0.25, 0.3) is 0 Å². The summed E-state index contributed by atoms with van der Waals surface area (Å²) in [7, 11) is 3.07. The molecule has 0 aliphatic heterocycles. The highest BCUT2D eigenvalue weighted by atomic mass is 35.5. The molecule has 0 radical (unpaired) electrons. The SMILES string of the molecule is COc1cc(Cl)c(CNc2cc(C(=O)O)ccc2Cl)cc1OC. The summed E-state index contributed by atoms with van der Waals surface area (Å²) in [6.45, 7) is 0.349. The van der Waals surface area contributed by atoms with Crippen LogP contribution in [0.2, 0.25) is 10.0 Å². The van der Waals surface area contributed by atoms with Crippen molar-refractivity contribution in [2.45, 2.75) is 6.54 Å². The molecule has 0 heterocycles. The highest BCUT2D eigenvalue weighted by molar-refractivity contribution is 6.33. The lowest BCUT2D eigenvalue weighted by Crippen LogP contribution is -2.04. The molecule has 0 saturated heterocycles. The first-order valence-electron chi connectivity index (χ1n) is 6.63. The molecule has 7 heteroatoms. The maximum atomic E-state index is 11.0. The van der Waals surface area contributed by atoms with E-state index in [0.29, 0.717) is 33.8 Å². The van der Waals surface area contributed by atoms with E-state index in [4.69, 9.17) is 37.8 Å². The van der Waals surface area contributed by atoms with Gasteiger partial charge in [0.05, 0.1) is 30.5 Å². The van der Waals surface area contributed by atoms with Gasteiger partial charge in [-0.25, -0.2) is 4.79 Å².